The molecule has 2 aromatic heterocycles. The number of benzene rings is 1. The van der Waals surface area contributed by atoms with Gasteiger partial charge >= 0.3 is 0 Å². The number of aromatic nitrogens is 1. The molecule has 0 radical (unpaired) electrons. The number of halogens is 1. The van der Waals surface area contributed by atoms with Gasteiger partial charge in [-0.1, -0.05) is 18.2 Å². The predicted octanol–water partition coefficient (Wildman–Crippen LogP) is 4.00. The van der Waals surface area contributed by atoms with Crippen LogP contribution in [0.25, 0.3) is 10.6 Å². The number of thiophene rings is 1. The fourth-order valence-corrected chi connectivity index (χ4v) is 4.34. The van der Waals surface area contributed by atoms with E-state index in [1.807, 2.05) is 22.9 Å². The number of rotatable bonds is 4. The lowest BCUT2D eigenvalue weighted by Gasteiger charge is -2.17. The second-order valence-electron chi connectivity index (χ2n) is 5.86. The summed E-state index contributed by atoms with van der Waals surface area (Å²) in [6, 6.07) is 9.99. The molecule has 1 fully saturated rings. The molecule has 0 saturated carbocycles. The van der Waals surface area contributed by atoms with Crippen molar-refractivity contribution in [3.05, 3.63) is 53.0 Å². The fraction of sp³-hybridized carbons (Fsp3) is 0.167. The van der Waals surface area contributed by atoms with E-state index in [4.69, 9.17) is 0 Å². The van der Waals surface area contributed by atoms with Gasteiger partial charge in [-0.05, 0) is 23.6 Å². The molecule has 1 N–H and O–H groups in total. The van der Waals surface area contributed by atoms with E-state index in [0.29, 0.717) is 5.13 Å². The molecule has 5 nitrogen and oxygen atoms in total. The molecule has 1 aliphatic rings. The molecule has 132 valence electrons. The van der Waals surface area contributed by atoms with Crippen LogP contribution in [0.3, 0.4) is 0 Å². The molecule has 4 rings (SSSR count). The summed E-state index contributed by atoms with van der Waals surface area (Å²) < 4.78 is 13.9. The van der Waals surface area contributed by atoms with E-state index in [2.05, 4.69) is 10.3 Å². The molecular weight excluding hydrogens is 373 g/mol. The summed E-state index contributed by atoms with van der Waals surface area (Å²) in [6.07, 6.45) is 0.0589. The largest absolute Gasteiger partial charge is 0.309 e. The van der Waals surface area contributed by atoms with Crippen molar-refractivity contribution in [3.8, 4) is 10.6 Å². The Kier molecular flexibility index (Phi) is 4.52. The van der Waals surface area contributed by atoms with Crippen LogP contribution < -0.4 is 10.2 Å². The average Bonchev–Trinajstić information content (AvgIpc) is 3.35. The van der Waals surface area contributed by atoms with E-state index >= 15 is 0 Å². The number of hydrogen-bond donors (Lipinski definition) is 1. The van der Waals surface area contributed by atoms with Gasteiger partial charge in [0.1, 0.15) is 5.82 Å². The summed E-state index contributed by atoms with van der Waals surface area (Å²) in [5.74, 6) is -1.53. The van der Waals surface area contributed by atoms with Crippen LogP contribution in [0, 0.1) is 11.7 Å². The van der Waals surface area contributed by atoms with E-state index in [1.165, 1.54) is 22.3 Å². The zero-order valence-corrected chi connectivity index (χ0v) is 15.1. The van der Waals surface area contributed by atoms with Gasteiger partial charge in [0.15, 0.2) is 5.13 Å². The van der Waals surface area contributed by atoms with Crippen LogP contribution in [0.5, 0.6) is 0 Å². The second kappa shape index (κ2) is 6.97. The van der Waals surface area contributed by atoms with Gasteiger partial charge < -0.3 is 10.2 Å². The van der Waals surface area contributed by atoms with Gasteiger partial charge in [0.2, 0.25) is 11.8 Å². The Hall–Kier alpha value is -2.58. The van der Waals surface area contributed by atoms with Crippen molar-refractivity contribution in [2.24, 2.45) is 5.92 Å². The van der Waals surface area contributed by atoms with Gasteiger partial charge in [-0.2, -0.15) is 0 Å². The summed E-state index contributed by atoms with van der Waals surface area (Å²) in [7, 11) is 0. The van der Waals surface area contributed by atoms with Crippen molar-refractivity contribution in [2.45, 2.75) is 6.42 Å². The lowest BCUT2D eigenvalue weighted by Crippen LogP contribution is -2.28. The number of para-hydroxylation sites is 1. The van der Waals surface area contributed by atoms with Crippen LogP contribution in [0.1, 0.15) is 6.42 Å². The number of nitrogens with zero attached hydrogens (tertiary/aromatic N) is 2. The smallest absolute Gasteiger partial charge is 0.231 e. The van der Waals surface area contributed by atoms with E-state index in [-0.39, 0.29) is 30.5 Å². The molecular formula is C18H14FN3O2S2. The first kappa shape index (κ1) is 16.9. The Morgan fingerprint density at radius 3 is 2.85 bits per heavy atom. The van der Waals surface area contributed by atoms with Crippen molar-refractivity contribution in [3.63, 3.8) is 0 Å². The molecule has 3 aromatic rings. The Morgan fingerprint density at radius 2 is 2.08 bits per heavy atom. The monoisotopic (exact) mass is 387 g/mol. The van der Waals surface area contributed by atoms with E-state index < -0.39 is 11.7 Å². The number of anilines is 2. The van der Waals surface area contributed by atoms with Crippen LogP contribution >= 0.6 is 22.7 Å². The molecule has 0 unspecified atom stereocenters. The average molecular weight is 387 g/mol. The molecule has 0 bridgehead atoms. The second-order valence-corrected chi connectivity index (χ2v) is 7.67. The maximum absolute atomic E-state index is 13.9. The minimum atomic E-state index is -0.531. The zero-order valence-electron chi connectivity index (χ0n) is 13.5. The topological polar surface area (TPSA) is 62.3 Å². The summed E-state index contributed by atoms with van der Waals surface area (Å²) in [5.41, 5.74) is 1.03. The number of hydrogen-bond acceptors (Lipinski definition) is 5. The SMILES string of the molecule is O=C(Nc1nc(-c2cccs2)cs1)[C@H]1CC(=O)N(c2ccccc2F)C1. The highest BCUT2D eigenvalue weighted by Crippen LogP contribution is 2.30. The predicted molar refractivity (Wildman–Crippen MR) is 101 cm³/mol. The summed E-state index contributed by atoms with van der Waals surface area (Å²) >= 11 is 2.92. The van der Waals surface area contributed by atoms with Gasteiger partial charge in [-0.3, -0.25) is 9.59 Å². The number of carbonyl (C=O) groups excluding carboxylic acids is 2. The molecule has 1 aliphatic heterocycles. The summed E-state index contributed by atoms with van der Waals surface area (Å²) in [4.78, 5) is 31.5. The van der Waals surface area contributed by atoms with Crippen molar-refractivity contribution >= 4 is 45.3 Å². The molecule has 1 aromatic carbocycles. The molecule has 0 aliphatic carbocycles. The highest BCUT2D eigenvalue weighted by molar-refractivity contribution is 7.16. The van der Waals surface area contributed by atoms with Gasteiger partial charge in [0.05, 0.1) is 22.2 Å². The summed E-state index contributed by atoms with van der Waals surface area (Å²) in [5, 5.41) is 7.12. The Balaban J connectivity index is 1.45. The third kappa shape index (κ3) is 3.25. The van der Waals surface area contributed by atoms with Crippen molar-refractivity contribution in [1.29, 1.82) is 0 Å². The molecule has 8 heteroatoms. The van der Waals surface area contributed by atoms with Gasteiger partial charge in [0, 0.05) is 18.3 Å². The first-order valence-electron chi connectivity index (χ1n) is 7.97. The highest BCUT2D eigenvalue weighted by Gasteiger charge is 2.36. The molecule has 2 amide bonds. The Morgan fingerprint density at radius 1 is 1.23 bits per heavy atom. The third-order valence-electron chi connectivity index (χ3n) is 4.15. The van der Waals surface area contributed by atoms with Crippen LogP contribution in [0.2, 0.25) is 0 Å². The van der Waals surface area contributed by atoms with Gasteiger partial charge in [-0.25, -0.2) is 9.37 Å². The van der Waals surface area contributed by atoms with Gasteiger partial charge in [-0.15, -0.1) is 22.7 Å². The lowest BCUT2D eigenvalue weighted by molar-refractivity contribution is -0.122. The van der Waals surface area contributed by atoms with Crippen LogP contribution in [-0.2, 0) is 9.59 Å². The van der Waals surface area contributed by atoms with Crippen molar-refractivity contribution in [2.75, 3.05) is 16.8 Å². The summed E-state index contributed by atoms with van der Waals surface area (Å²) in [6.45, 7) is 0.161. The number of nitrogens with one attached hydrogen (secondary N) is 1. The lowest BCUT2D eigenvalue weighted by atomic mass is 10.1. The normalized spacial score (nSPS) is 16.9. The van der Waals surface area contributed by atoms with Crippen LogP contribution in [-0.4, -0.2) is 23.3 Å². The van der Waals surface area contributed by atoms with E-state index in [0.717, 1.165) is 10.6 Å². The molecule has 0 spiro atoms. The van der Waals surface area contributed by atoms with Crippen molar-refractivity contribution < 1.29 is 14.0 Å². The number of thiazole rings is 1. The van der Waals surface area contributed by atoms with E-state index in [1.54, 1.807) is 29.5 Å². The number of amides is 2. The fourth-order valence-electron chi connectivity index (χ4n) is 2.86. The third-order valence-corrected chi connectivity index (χ3v) is 5.80. The highest BCUT2D eigenvalue weighted by atomic mass is 32.1. The minimum Gasteiger partial charge on any atom is -0.309 e. The zero-order chi connectivity index (χ0) is 18.1. The maximum atomic E-state index is 13.9. The Bertz CT molecular complexity index is 955. The minimum absolute atomic E-state index is 0.0589. The quantitative estimate of drug-likeness (QED) is 0.736. The standard InChI is InChI=1S/C18H14FN3O2S2/c19-12-4-1-2-5-14(12)22-9-11(8-16(22)23)17(24)21-18-20-13(10-26-18)15-6-3-7-25-15/h1-7,10-11H,8-9H2,(H,20,21,24)/t11-/m0/s1. The van der Waals surface area contributed by atoms with E-state index in [9.17, 15) is 14.0 Å². The molecule has 1 atom stereocenters. The Labute approximate surface area is 157 Å². The molecule has 26 heavy (non-hydrogen) atoms. The van der Waals surface area contributed by atoms with Crippen LogP contribution in [0.4, 0.5) is 15.2 Å². The van der Waals surface area contributed by atoms with Crippen molar-refractivity contribution in [1.82, 2.24) is 4.98 Å². The number of carbonyl (C=O) groups is 2. The van der Waals surface area contributed by atoms with Gasteiger partial charge in [0.25, 0.3) is 0 Å². The first-order chi connectivity index (χ1) is 12.6. The molecule has 3 heterocycles. The van der Waals surface area contributed by atoms with Crippen LogP contribution in [0.15, 0.2) is 47.2 Å². The maximum Gasteiger partial charge on any atom is 0.231 e. The first-order valence-corrected chi connectivity index (χ1v) is 9.73. The molecule has 1 saturated heterocycles.